The predicted octanol–water partition coefficient (Wildman–Crippen LogP) is 3.81. The highest BCUT2D eigenvalue weighted by atomic mass is 35.5. The number of sulfone groups is 1. The van der Waals surface area contributed by atoms with Crippen molar-refractivity contribution in [2.75, 3.05) is 5.75 Å². The number of halogens is 1. The van der Waals surface area contributed by atoms with E-state index in [2.05, 4.69) is 4.57 Å². The molecule has 1 aromatic carbocycles. The second-order valence-electron chi connectivity index (χ2n) is 4.98. The van der Waals surface area contributed by atoms with Crippen LogP contribution in [0.2, 0.25) is 5.02 Å². The second-order valence-corrected chi connectivity index (χ2v) is 7.77. The smallest absolute Gasteiger partial charge is 0.155 e. The van der Waals surface area contributed by atoms with Crippen LogP contribution < -0.4 is 0 Å². The lowest BCUT2D eigenvalue weighted by atomic mass is 10.2. The molecular weight excluding hydrogens is 282 g/mol. The Balaban J connectivity index is 2.64. The molecule has 1 aromatic heterocycles. The second kappa shape index (κ2) is 5.17. The number of hydrogen-bond donors (Lipinski definition) is 0. The van der Waals surface area contributed by atoms with Crippen LogP contribution in [0.15, 0.2) is 24.3 Å². The van der Waals surface area contributed by atoms with E-state index in [0.29, 0.717) is 5.02 Å². The molecule has 0 saturated heterocycles. The topological polar surface area (TPSA) is 39.1 Å². The average Bonchev–Trinajstić information content (AvgIpc) is 2.65. The van der Waals surface area contributed by atoms with Crippen molar-refractivity contribution in [3.8, 4) is 0 Å². The van der Waals surface area contributed by atoms with E-state index in [-0.39, 0.29) is 17.5 Å². The highest BCUT2D eigenvalue weighted by Crippen LogP contribution is 2.28. The van der Waals surface area contributed by atoms with Gasteiger partial charge in [-0.2, -0.15) is 0 Å². The molecule has 0 bridgehead atoms. The van der Waals surface area contributed by atoms with E-state index in [4.69, 9.17) is 11.6 Å². The SMILES string of the molecule is CCS(=O)(=O)Cc1cc2ccc(Cl)cc2n1C(C)C. The number of rotatable bonds is 4. The summed E-state index contributed by atoms with van der Waals surface area (Å²) in [5.41, 5.74) is 1.82. The van der Waals surface area contributed by atoms with Gasteiger partial charge in [-0.15, -0.1) is 0 Å². The molecule has 1 heterocycles. The normalized spacial score (nSPS) is 12.5. The van der Waals surface area contributed by atoms with E-state index >= 15 is 0 Å². The number of benzene rings is 1. The minimum atomic E-state index is -3.04. The van der Waals surface area contributed by atoms with Gasteiger partial charge in [0, 0.05) is 33.4 Å². The maximum Gasteiger partial charge on any atom is 0.155 e. The average molecular weight is 300 g/mol. The molecule has 0 aliphatic rings. The van der Waals surface area contributed by atoms with Crippen LogP contribution >= 0.6 is 11.6 Å². The van der Waals surface area contributed by atoms with Crippen LogP contribution in [0.3, 0.4) is 0 Å². The number of fused-ring (bicyclic) bond motifs is 1. The molecule has 0 atom stereocenters. The fourth-order valence-corrected chi connectivity index (χ4v) is 3.34. The highest BCUT2D eigenvalue weighted by molar-refractivity contribution is 7.90. The number of nitrogens with zero attached hydrogens (tertiary/aromatic N) is 1. The molecular formula is C14H18ClNO2S. The third-order valence-corrected chi connectivity index (χ3v) is 5.06. The zero-order valence-corrected chi connectivity index (χ0v) is 12.9. The van der Waals surface area contributed by atoms with Crippen LogP contribution in [0.4, 0.5) is 0 Å². The summed E-state index contributed by atoms with van der Waals surface area (Å²) in [6.45, 7) is 5.76. The predicted molar refractivity (Wildman–Crippen MR) is 80.5 cm³/mol. The van der Waals surface area contributed by atoms with E-state index in [1.54, 1.807) is 6.92 Å². The molecule has 0 fully saturated rings. The first-order valence-electron chi connectivity index (χ1n) is 6.34. The fraction of sp³-hybridized carbons (Fsp3) is 0.429. The monoisotopic (exact) mass is 299 g/mol. The standard InChI is InChI=1S/C14H18ClNO2S/c1-4-19(17,18)9-13-7-11-5-6-12(15)8-14(11)16(13)10(2)3/h5-8,10H,4,9H2,1-3H3. The van der Waals surface area contributed by atoms with Crippen molar-refractivity contribution in [2.24, 2.45) is 0 Å². The lowest BCUT2D eigenvalue weighted by molar-refractivity contribution is 0.582. The lowest BCUT2D eigenvalue weighted by Gasteiger charge is -2.14. The zero-order chi connectivity index (χ0) is 14.2. The van der Waals surface area contributed by atoms with Gasteiger partial charge in [0.15, 0.2) is 9.84 Å². The van der Waals surface area contributed by atoms with Gasteiger partial charge in [-0.3, -0.25) is 0 Å². The van der Waals surface area contributed by atoms with Crippen LogP contribution in [0.1, 0.15) is 32.5 Å². The maximum absolute atomic E-state index is 11.8. The van der Waals surface area contributed by atoms with Gasteiger partial charge in [0.05, 0.1) is 5.75 Å². The van der Waals surface area contributed by atoms with Gasteiger partial charge in [-0.05, 0) is 32.0 Å². The molecule has 0 saturated carbocycles. The first-order chi connectivity index (χ1) is 8.84. The Hall–Kier alpha value is -1.00. The molecule has 0 aliphatic heterocycles. The maximum atomic E-state index is 11.8. The van der Waals surface area contributed by atoms with Crippen LogP contribution in [0, 0.1) is 0 Å². The van der Waals surface area contributed by atoms with E-state index in [0.717, 1.165) is 16.6 Å². The molecule has 104 valence electrons. The van der Waals surface area contributed by atoms with E-state index in [1.165, 1.54) is 0 Å². The molecule has 0 unspecified atom stereocenters. The van der Waals surface area contributed by atoms with Crippen molar-refractivity contribution in [2.45, 2.75) is 32.6 Å². The Morgan fingerprint density at radius 3 is 2.53 bits per heavy atom. The Morgan fingerprint density at radius 2 is 1.95 bits per heavy atom. The third-order valence-electron chi connectivity index (χ3n) is 3.21. The van der Waals surface area contributed by atoms with Crippen molar-refractivity contribution >= 4 is 32.3 Å². The van der Waals surface area contributed by atoms with E-state index in [1.807, 2.05) is 38.1 Å². The largest absolute Gasteiger partial charge is 0.341 e. The summed E-state index contributed by atoms with van der Waals surface area (Å²) < 4.78 is 25.7. The summed E-state index contributed by atoms with van der Waals surface area (Å²) >= 11 is 6.03. The molecule has 0 radical (unpaired) electrons. The summed E-state index contributed by atoms with van der Waals surface area (Å²) in [6, 6.07) is 7.78. The minimum absolute atomic E-state index is 0.0774. The van der Waals surface area contributed by atoms with Crippen molar-refractivity contribution in [3.05, 3.63) is 35.0 Å². The summed E-state index contributed by atoms with van der Waals surface area (Å²) in [5, 5.41) is 1.69. The van der Waals surface area contributed by atoms with Gasteiger partial charge in [0.25, 0.3) is 0 Å². The number of hydrogen-bond acceptors (Lipinski definition) is 2. The van der Waals surface area contributed by atoms with Crippen LogP contribution in [-0.4, -0.2) is 18.7 Å². The molecule has 19 heavy (non-hydrogen) atoms. The van der Waals surface area contributed by atoms with E-state index in [9.17, 15) is 8.42 Å². The molecule has 0 amide bonds. The molecule has 5 heteroatoms. The van der Waals surface area contributed by atoms with Crippen molar-refractivity contribution < 1.29 is 8.42 Å². The molecule has 0 spiro atoms. The van der Waals surface area contributed by atoms with E-state index < -0.39 is 9.84 Å². The Kier molecular flexibility index (Phi) is 3.92. The van der Waals surface area contributed by atoms with Gasteiger partial charge in [0.1, 0.15) is 0 Å². The van der Waals surface area contributed by atoms with Crippen LogP contribution in [0.25, 0.3) is 10.9 Å². The van der Waals surface area contributed by atoms with Gasteiger partial charge in [0.2, 0.25) is 0 Å². The summed E-state index contributed by atoms with van der Waals surface area (Å²) in [7, 11) is -3.04. The Bertz CT molecular complexity index is 702. The summed E-state index contributed by atoms with van der Waals surface area (Å²) in [5.74, 6) is 0.237. The minimum Gasteiger partial charge on any atom is -0.341 e. The van der Waals surface area contributed by atoms with Crippen molar-refractivity contribution in [3.63, 3.8) is 0 Å². The van der Waals surface area contributed by atoms with Crippen LogP contribution in [-0.2, 0) is 15.6 Å². The fourth-order valence-electron chi connectivity index (χ4n) is 2.30. The van der Waals surface area contributed by atoms with Crippen molar-refractivity contribution in [1.82, 2.24) is 4.57 Å². The molecule has 3 nitrogen and oxygen atoms in total. The molecule has 0 N–H and O–H groups in total. The van der Waals surface area contributed by atoms with Gasteiger partial charge in [-0.25, -0.2) is 8.42 Å². The van der Waals surface area contributed by atoms with Gasteiger partial charge in [-0.1, -0.05) is 24.6 Å². The summed E-state index contributed by atoms with van der Waals surface area (Å²) in [6.07, 6.45) is 0. The zero-order valence-electron chi connectivity index (χ0n) is 11.4. The summed E-state index contributed by atoms with van der Waals surface area (Å²) in [4.78, 5) is 0. The van der Waals surface area contributed by atoms with Crippen LogP contribution in [0.5, 0.6) is 0 Å². The van der Waals surface area contributed by atoms with Crippen molar-refractivity contribution in [1.29, 1.82) is 0 Å². The first kappa shape index (κ1) is 14.4. The number of aromatic nitrogens is 1. The third kappa shape index (κ3) is 2.95. The molecule has 2 aromatic rings. The molecule has 0 aliphatic carbocycles. The Morgan fingerprint density at radius 1 is 1.26 bits per heavy atom. The Labute approximate surface area is 119 Å². The quantitative estimate of drug-likeness (QED) is 0.861. The first-order valence-corrected chi connectivity index (χ1v) is 8.54. The van der Waals surface area contributed by atoms with Gasteiger partial charge >= 0.3 is 0 Å². The lowest BCUT2D eigenvalue weighted by Crippen LogP contribution is -2.12. The molecule has 2 rings (SSSR count). The van der Waals surface area contributed by atoms with Gasteiger partial charge < -0.3 is 4.57 Å². The highest BCUT2D eigenvalue weighted by Gasteiger charge is 2.17.